The summed E-state index contributed by atoms with van der Waals surface area (Å²) in [5.41, 5.74) is 2.09. The molecular weight excluding hydrogens is 428 g/mol. The van der Waals surface area contributed by atoms with Crippen molar-refractivity contribution in [1.82, 2.24) is 10.2 Å². The topological polar surface area (TPSA) is 111 Å². The van der Waals surface area contributed by atoms with Gasteiger partial charge in [-0.15, -0.1) is 0 Å². The molecule has 2 aromatic carbocycles. The number of carbonyl (C=O) groups excluding carboxylic acids is 4. The minimum absolute atomic E-state index is 0.0257. The first-order chi connectivity index (χ1) is 15.9. The van der Waals surface area contributed by atoms with E-state index in [2.05, 4.69) is 5.32 Å². The zero-order valence-electron chi connectivity index (χ0n) is 18.1. The predicted octanol–water partition coefficient (Wildman–Crippen LogP) is 1.37. The number of rotatable bonds is 6. The van der Waals surface area contributed by atoms with E-state index in [-0.39, 0.29) is 25.5 Å². The van der Waals surface area contributed by atoms with Gasteiger partial charge in [0.15, 0.2) is 18.1 Å². The van der Waals surface area contributed by atoms with Crippen LogP contribution in [-0.2, 0) is 30.5 Å². The number of imide groups is 1. The number of para-hydroxylation sites is 2. The summed E-state index contributed by atoms with van der Waals surface area (Å²) in [6, 6.07) is 14.7. The lowest BCUT2D eigenvalue weighted by atomic mass is 10.1. The summed E-state index contributed by atoms with van der Waals surface area (Å²) in [5, 5.41) is 2.14. The van der Waals surface area contributed by atoms with Gasteiger partial charge < -0.3 is 19.1 Å². The first-order valence-corrected chi connectivity index (χ1v) is 10.6. The number of hydrogen-bond donors (Lipinski definition) is 1. The lowest BCUT2D eigenvalue weighted by molar-refractivity contribution is -0.153. The van der Waals surface area contributed by atoms with Gasteiger partial charge in [-0.2, -0.15) is 0 Å². The molecule has 0 spiro atoms. The molecule has 1 N–H and O–H groups in total. The van der Waals surface area contributed by atoms with E-state index in [0.29, 0.717) is 18.0 Å². The fraction of sp³-hybridized carbons (Fsp3) is 0.333. The number of hydrogen-bond acceptors (Lipinski definition) is 7. The number of carbonyl (C=O) groups is 4. The molecular formula is C24H24N2O7. The lowest BCUT2D eigenvalue weighted by Crippen LogP contribution is -2.47. The van der Waals surface area contributed by atoms with Gasteiger partial charge in [0, 0.05) is 19.5 Å². The molecule has 1 fully saturated rings. The fourth-order valence-electron chi connectivity index (χ4n) is 3.65. The Balaban J connectivity index is 1.21. The van der Waals surface area contributed by atoms with Gasteiger partial charge in [-0.25, -0.2) is 0 Å². The Morgan fingerprint density at radius 2 is 1.82 bits per heavy atom. The van der Waals surface area contributed by atoms with Gasteiger partial charge in [-0.1, -0.05) is 42.0 Å². The summed E-state index contributed by atoms with van der Waals surface area (Å²) in [5.74, 6) is -2.00. The van der Waals surface area contributed by atoms with Gasteiger partial charge in [-0.3, -0.25) is 24.5 Å². The third-order valence-corrected chi connectivity index (χ3v) is 5.45. The third-order valence-electron chi connectivity index (χ3n) is 5.45. The van der Waals surface area contributed by atoms with E-state index < -0.39 is 36.4 Å². The average molecular weight is 452 g/mol. The van der Waals surface area contributed by atoms with Gasteiger partial charge in [-0.05, 0) is 24.6 Å². The molecule has 33 heavy (non-hydrogen) atoms. The number of ether oxygens (including phenoxy) is 3. The number of nitrogens with zero attached hydrogens (tertiary/aromatic N) is 1. The molecule has 172 valence electrons. The Labute approximate surface area is 190 Å². The van der Waals surface area contributed by atoms with Crippen LogP contribution in [0.4, 0.5) is 0 Å². The summed E-state index contributed by atoms with van der Waals surface area (Å²) in [6.07, 6.45) is -0.972. The zero-order valence-corrected chi connectivity index (χ0v) is 18.1. The van der Waals surface area contributed by atoms with Crippen LogP contribution in [0.5, 0.6) is 11.5 Å². The normalized spacial score (nSPS) is 19.2. The molecule has 2 heterocycles. The SMILES string of the molecule is Cc1ccc(CN2C[C@H](C(=O)OCC(=O)NC(=O)[C@H]3COc4ccccc4O3)CC2=O)cc1. The molecule has 0 aromatic heterocycles. The molecule has 1 saturated heterocycles. The summed E-state index contributed by atoms with van der Waals surface area (Å²) < 4.78 is 16.0. The van der Waals surface area contributed by atoms with Crippen molar-refractivity contribution in [3.63, 3.8) is 0 Å². The van der Waals surface area contributed by atoms with Gasteiger partial charge in [0.1, 0.15) is 6.61 Å². The molecule has 2 aromatic rings. The number of esters is 1. The predicted molar refractivity (Wildman–Crippen MR) is 115 cm³/mol. The van der Waals surface area contributed by atoms with Crippen LogP contribution in [0, 0.1) is 12.8 Å². The molecule has 9 heteroatoms. The van der Waals surface area contributed by atoms with Crippen molar-refractivity contribution in [3.8, 4) is 11.5 Å². The van der Waals surface area contributed by atoms with Crippen LogP contribution < -0.4 is 14.8 Å². The second kappa shape index (κ2) is 9.72. The molecule has 0 bridgehead atoms. The highest BCUT2D eigenvalue weighted by Gasteiger charge is 2.36. The van der Waals surface area contributed by atoms with Crippen LogP contribution in [-0.4, -0.2) is 54.5 Å². The van der Waals surface area contributed by atoms with Gasteiger partial charge in [0.05, 0.1) is 5.92 Å². The molecule has 4 rings (SSSR count). The second-order valence-electron chi connectivity index (χ2n) is 8.05. The highest BCUT2D eigenvalue weighted by Crippen LogP contribution is 2.30. The highest BCUT2D eigenvalue weighted by atomic mass is 16.6. The molecule has 0 radical (unpaired) electrons. The number of aryl methyl sites for hydroxylation is 1. The lowest BCUT2D eigenvalue weighted by Gasteiger charge is -2.25. The number of fused-ring (bicyclic) bond motifs is 1. The van der Waals surface area contributed by atoms with E-state index >= 15 is 0 Å². The van der Waals surface area contributed by atoms with Crippen LogP contribution in [0.3, 0.4) is 0 Å². The Morgan fingerprint density at radius 3 is 2.58 bits per heavy atom. The largest absolute Gasteiger partial charge is 0.485 e. The van der Waals surface area contributed by atoms with E-state index in [1.165, 1.54) is 0 Å². The molecule has 3 amide bonds. The monoisotopic (exact) mass is 452 g/mol. The molecule has 0 saturated carbocycles. The van der Waals surface area contributed by atoms with Crippen molar-refractivity contribution in [2.75, 3.05) is 19.8 Å². The number of amides is 3. The number of benzene rings is 2. The molecule has 2 aliphatic heterocycles. The van der Waals surface area contributed by atoms with Gasteiger partial charge in [0.2, 0.25) is 12.0 Å². The quantitative estimate of drug-likeness (QED) is 0.659. The Bertz CT molecular complexity index is 1070. The van der Waals surface area contributed by atoms with Crippen molar-refractivity contribution < 1.29 is 33.4 Å². The van der Waals surface area contributed by atoms with E-state index in [1.807, 2.05) is 31.2 Å². The highest BCUT2D eigenvalue weighted by molar-refractivity contribution is 5.99. The fourth-order valence-corrected chi connectivity index (χ4v) is 3.65. The van der Waals surface area contributed by atoms with Gasteiger partial charge in [0.25, 0.3) is 11.8 Å². The molecule has 2 aliphatic rings. The van der Waals surface area contributed by atoms with E-state index in [4.69, 9.17) is 14.2 Å². The van der Waals surface area contributed by atoms with Crippen molar-refractivity contribution in [3.05, 3.63) is 59.7 Å². The smallest absolute Gasteiger partial charge is 0.311 e. The average Bonchev–Trinajstić information content (AvgIpc) is 3.18. The summed E-state index contributed by atoms with van der Waals surface area (Å²) in [7, 11) is 0. The van der Waals surface area contributed by atoms with Crippen molar-refractivity contribution in [2.45, 2.75) is 26.0 Å². The van der Waals surface area contributed by atoms with Crippen LogP contribution >= 0.6 is 0 Å². The van der Waals surface area contributed by atoms with Crippen molar-refractivity contribution in [1.29, 1.82) is 0 Å². The Morgan fingerprint density at radius 1 is 1.09 bits per heavy atom. The van der Waals surface area contributed by atoms with Crippen LogP contribution in [0.1, 0.15) is 17.5 Å². The van der Waals surface area contributed by atoms with Crippen LogP contribution in [0.15, 0.2) is 48.5 Å². The molecule has 2 atom stereocenters. The Kier molecular flexibility index (Phi) is 6.58. The van der Waals surface area contributed by atoms with Crippen LogP contribution in [0.25, 0.3) is 0 Å². The van der Waals surface area contributed by atoms with Crippen molar-refractivity contribution >= 4 is 23.7 Å². The number of nitrogens with one attached hydrogen (secondary N) is 1. The van der Waals surface area contributed by atoms with Crippen molar-refractivity contribution in [2.24, 2.45) is 5.92 Å². The minimum atomic E-state index is -0.998. The maximum Gasteiger partial charge on any atom is 0.311 e. The summed E-state index contributed by atoms with van der Waals surface area (Å²) in [6.45, 7) is 1.94. The van der Waals surface area contributed by atoms with Crippen LogP contribution in [0.2, 0.25) is 0 Å². The van der Waals surface area contributed by atoms with E-state index in [1.54, 1.807) is 29.2 Å². The third kappa shape index (κ3) is 5.49. The minimum Gasteiger partial charge on any atom is -0.485 e. The standard InChI is InChI=1S/C24H24N2O7/c1-15-6-8-16(9-7-15)11-26-12-17(10-22(26)28)24(30)32-14-21(27)25-23(29)20-13-31-18-4-2-3-5-19(18)33-20/h2-9,17,20H,10-14H2,1H3,(H,25,27,29)/t17-,20-/m1/s1. The van der Waals surface area contributed by atoms with E-state index in [0.717, 1.165) is 11.1 Å². The number of likely N-dealkylation sites (tertiary alicyclic amines) is 1. The van der Waals surface area contributed by atoms with E-state index in [9.17, 15) is 19.2 Å². The maximum atomic E-state index is 12.4. The van der Waals surface area contributed by atoms with Gasteiger partial charge >= 0.3 is 5.97 Å². The Hall–Kier alpha value is -3.88. The maximum absolute atomic E-state index is 12.4. The second-order valence-corrected chi connectivity index (χ2v) is 8.05. The first-order valence-electron chi connectivity index (χ1n) is 10.6. The molecule has 0 aliphatic carbocycles. The molecule has 0 unspecified atom stereocenters. The zero-order chi connectivity index (χ0) is 23.4. The summed E-state index contributed by atoms with van der Waals surface area (Å²) in [4.78, 5) is 50.6. The molecule has 9 nitrogen and oxygen atoms in total. The summed E-state index contributed by atoms with van der Waals surface area (Å²) >= 11 is 0. The first kappa shape index (κ1) is 22.3.